The summed E-state index contributed by atoms with van der Waals surface area (Å²) in [5, 5.41) is 2.62. The Morgan fingerprint density at radius 1 is 1.40 bits per heavy atom. The number of hydrogen-bond acceptors (Lipinski definition) is 2. The van der Waals surface area contributed by atoms with Crippen LogP contribution >= 0.6 is 12.4 Å². The molecule has 0 radical (unpaired) electrons. The summed E-state index contributed by atoms with van der Waals surface area (Å²) in [5.74, 6) is -0.112. The van der Waals surface area contributed by atoms with Crippen molar-refractivity contribution in [3.63, 3.8) is 0 Å². The van der Waals surface area contributed by atoms with E-state index in [-0.39, 0.29) is 24.2 Å². The lowest BCUT2D eigenvalue weighted by atomic mass is 9.99. The monoisotopic (exact) mass is 228 g/mol. The second-order valence-electron chi connectivity index (χ2n) is 3.24. The summed E-state index contributed by atoms with van der Waals surface area (Å²) in [6, 6.07) is 9.90. The third-order valence-electron chi connectivity index (χ3n) is 2.23. The maximum absolute atomic E-state index is 11.4. The van der Waals surface area contributed by atoms with Crippen molar-refractivity contribution in [1.29, 1.82) is 0 Å². The van der Waals surface area contributed by atoms with Crippen molar-refractivity contribution in [3.8, 4) is 0 Å². The first-order valence-electron chi connectivity index (χ1n) is 4.73. The first kappa shape index (κ1) is 13.9. The van der Waals surface area contributed by atoms with E-state index in [1.54, 1.807) is 7.05 Å². The number of carbonyl (C=O) groups is 1. The summed E-state index contributed by atoms with van der Waals surface area (Å²) in [5.41, 5.74) is 6.68. The van der Waals surface area contributed by atoms with Crippen molar-refractivity contribution >= 4 is 18.3 Å². The molecule has 1 rings (SSSR count). The van der Waals surface area contributed by atoms with Crippen molar-refractivity contribution in [3.05, 3.63) is 35.9 Å². The molecule has 1 aromatic rings. The minimum Gasteiger partial charge on any atom is -0.359 e. The van der Waals surface area contributed by atoms with E-state index in [1.165, 1.54) is 0 Å². The number of hydrogen-bond donors (Lipinski definition) is 2. The molecule has 1 amide bonds. The molecule has 0 aliphatic carbocycles. The molecule has 3 N–H and O–H groups in total. The predicted octanol–water partition coefficient (Wildman–Crippen LogP) is 0.972. The third kappa shape index (κ3) is 4.32. The zero-order valence-electron chi connectivity index (χ0n) is 8.77. The third-order valence-corrected chi connectivity index (χ3v) is 2.23. The molecule has 15 heavy (non-hydrogen) atoms. The average molecular weight is 229 g/mol. The van der Waals surface area contributed by atoms with Crippen LogP contribution in [0.2, 0.25) is 0 Å². The maximum Gasteiger partial charge on any atom is 0.224 e. The van der Waals surface area contributed by atoms with Crippen LogP contribution in [0.4, 0.5) is 0 Å². The number of carbonyl (C=O) groups excluding carboxylic acids is 1. The van der Waals surface area contributed by atoms with E-state index in [0.29, 0.717) is 13.0 Å². The summed E-state index contributed by atoms with van der Waals surface area (Å²) >= 11 is 0. The molecular formula is C11H17ClN2O. The van der Waals surface area contributed by atoms with Gasteiger partial charge in [0, 0.05) is 13.6 Å². The normalized spacial score (nSPS) is 11.3. The summed E-state index contributed by atoms with van der Waals surface area (Å²) in [6.45, 7) is 0.383. The molecule has 0 saturated heterocycles. The predicted molar refractivity (Wildman–Crippen MR) is 64.0 cm³/mol. The Labute approximate surface area is 96.5 Å². The molecule has 0 bridgehead atoms. The van der Waals surface area contributed by atoms with Crippen LogP contribution in [0.1, 0.15) is 5.56 Å². The zero-order chi connectivity index (χ0) is 10.4. The van der Waals surface area contributed by atoms with E-state index in [2.05, 4.69) is 5.32 Å². The summed E-state index contributed by atoms with van der Waals surface area (Å²) in [6.07, 6.45) is 0.705. The van der Waals surface area contributed by atoms with Crippen LogP contribution in [0.3, 0.4) is 0 Å². The fourth-order valence-electron chi connectivity index (χ4n) is 1.39. The van der Waals surface area contributed by atoms with Gasteiger partial charge in [-0.2, -0.15) is 0 Å². The first-order chi connectivity index (χ1) is 6.77. The Bertz CT molecular complexity index is 290. The van der Waals surface area contributed by atoms with Gasteiger partial charge in [0.05, 0.1) is 5.92 Å². The Hall–Kier alpha value is -1.06. The van der Waals surface area contributed by atoms with Crippen LogP contribution in [-0.4, -0.2) is 19.5 Å². The van der Waals surface area contributed by atoms with Gasteiger partial charge in [0.15, 0.2) is 0 Å². The Morgan fingerprint density at radius 2 is 2.00 bits per heavy atom. The fourth-order valence-corrected chi connectivity index (χ4v) is 1.39. The molecule has 4 heteroatoms. The minimum atomic E-state index is -0.123. The zero-order valence-corrected chi connectivity index (χ0v) is 9.59. The van der Waals surface area contributed by atoms with Crippen LogP contribution in [0.25, 0.3) is 0 Å². The van der Waals surface area contributed by atoms with Crippen molar-refractivity contribution in [1.82, 2.24) is 5.32 Å². The molecule has 0 aliphatic rings. The number of benzene rings is 1. The Balaban J connectivity index is 0.00000196. The number of rotatable bonds is 4. The highest BCUT2D eigenvalue weighted by atomic mass is 35.5. The second kappa shape index (κ2) is 7.26. The molecule has 1 atom stereocenters. The van der Waals surface area contributed by atoms with E-state index in [4.69, 9.17) is 5.73 Å². The van der Waals surface area contributed by atoms with Crippen molar-refractivity contribution < 1.29 is 4.79 Å². The van der Waals surface area contributed by atoms with Gasteiger partial charge in [0.1, 0.15) is 0 Å². The van der Waals surface area contributed by atoms with Crippen LogP contribution in [0, 0.1) is 5.92 Å². The number of amides is 1. The molecule has 0 aromatic heterocycles. The lowest BCUT2D eigenvalue weighted by Gasteiger charge is -2.12. The van der Waals surface area contributed by atoms with Crippen molar-refractivity contribution in [2.75, 3.05) is 13.6 Å². The van der Waals surface area contributed by atoms with Crippen molar-refractivity contribution in [2.45, 2.75) is 6.42 Å². The quantitative estimate of drug-likeness (QED) is 0.807. The van der Waals surface area contributed by atoms with Gasteiger partial charge in [-0.15, -0.1) is 12.4 Å². The number of nitrogens with one attached hydrogen (secondary N) is 1. The van der Waals surface area contributed by atoms with E-state index in [0.717, 1.165) is 5.56 Å². The van der Waals surface area contributed by atoms with Crippen LogP contribution in [0.5, 0.6) is 0 Å². The molecule has 0 aliphatic heterocycles. The summed E-state index contributed by atoms with van der Waals surface area (Å²) in [4.78, 5) is 11.4. The molecule has 0 saturated carbocycles. The van der Waals surface area contributed by atoms with Crippen LogP contribution < -0.4 is 11.1 Å². The molecule has 1 unspecified atom stereocenters. The van der Waals surface area contributed by atoms with Gasteiger partial charge in [-0.1, -0.05) is 30.3 Å². The molecule has 84 valence electrons. The van der Waals surface area contributed by atoms with Gasteiger partial charge in [0.25, 0.3) is 0 Å². The smallest absolute Gasteiger partial charge is 0.224 e. The minimum absolute atomic E-state index is 0. The lowest BCUT2D eigenvalue weighted by Crippen LogP contribution is -2.34. The number of nitrogens with two attached hydrogens (primary N) is 1. The van der Waals surface area contributed by atoms with Gasteiger partial charge in [-0.05, 0) is 12.0 Å². The highest BCUT2D eigenvalue weighted by molar-refractivity contribution is 5.85. The molecule has 0 spiro atoms. The van der Waals surface area contributed by atoms with E-state index in [9.17, 15) is 4.79 Å². The number of halogens is 1. The van der Waals surface area contributed by atoms with Gasteiger partial charge in [-0.3, -0.25) is 4.79 Å². The van der Waals surface area contributed by atoms with Gasteiger partial charge in [-0.25, -0.2) is 0 Å². The summed E-state index contributed by atoms with van der Waals surface area (Å²) < 4.78 is 0. The summed E-state index contributed by atoms with van der Waals surface area (Å²) in [7, 11) is 1.63. The molecule has 1 aromatic carbocycles. The van der Waals surface area contributed by atoms with Crippen LogP contribution in [-0.2, 0) is 11.2 Å². The SMILES string of the molecule is CNC(=O)C(CN)Cc1ccccc1.Cl. The fraction of sp³-hybridized carbons (Fsp3) is 0.364. The molecule has 3 nitrogen and oxygen atoms in total. The standard InChI is InChI=1S/C11H16N2O.ClH/c1-13-11(14)10(8-12)7-9-5-3-2-4-6-9;/h2-6,10H,7-8,12H2,1H3,(H,13,14);1H. The van der Waals surface area contributed by atoms with Crippen molar-refractivity contribution in [2.24, 2.45) is 11.7 Å². The molecule has 0 heterocycles. The largest absolute Gasteiger partial charge is 0.359 e. The van der Waals surface area contributed by atoms with Gasteiger partial charge < -0.3 is 11.1 Å². The van der Waals surface area contributed by atoms with E-state index >= 15 is 0 Å². The lowest BCUT2D eigenvalue weighted by molar-refractivity contribution is -0.124. The van der Waals surface area contributed by atoms with Crippen LogP contribution in [0.15, 0.2) is 30.3 Å². The van der Waals surface area contributed by atoms with Gasteiger partial charge in [0.2, 0.25) is 5.91 Å². The van der Waals surface area contributed by atoms with Gasteiger partial charge >= 0.3 is 0 Å². The highest BCUT2D eigenvalue weighted by Crippen LogP contribution is 2.07. The van der Waals surface area contributed by atoms with E-state index in [1.807, 2.05) is 30.3 Å². The first-order valence-corrected chi connectivity index (χ1v) is 4.73. The second-order valence-corrected chi connectivity index (χ2v) is 3.24. The Kier molecular flexibility index (Phi) is 6.75. The van der Waals surface area contributed by atoms with E-state index < -0.39 is 0 Å². The molecule has 0 fully saturated rings. The average Bonchev–Trinajstić information content (AvgIpc) is 2.26. The maximum atomic E-state index is 11.4. The topological polar surface area (TPSA) is 55.1 Å². The molecular weight excluding hydrogens is 212 g/mol. The highest BCUT2D eigenvalue weighted by Gasteiger charge is 2.15. The Morgan fingerprint density at radius 3 is 2.47 bits per heavy atom.